The van der Waals surface area contributed by atoms with E-state index in [1.165, 1.54) is 30.5 Å². The van der Waals surface area contributed by atoms with Gasteiger partial charge >= 0.3 is 0 Å². The molecule has 1 heteroatoms. The van der Waals surface area contributed by atoms with Gasteiger partial charge in [0.15, 0.2) is 0 Å². The molecule has 0 radical (unpaired) electrons. The molecule has 0 aromatic heterocycles. The van der Waals surface area contributed by atoms with Crippen molar-refractivity contribution in [1.82, 2.24) is 0 Å². The third kappa shape index (κ3) is 1.37. The summed E-state index contributed by atoms with van der Waals surface area (Å²) in [4.78, 5) is 4.51. The molecule has 0 N–H and O–H groups in total. The molecule has 1 nitrogen and oxygen atoms in total. The van der Waals surface area contributed by atoms with Gasteiger partial charge in [0.25, 0.3) is 0 Å². The summed E-state index contributed by atoms with van der Waals surface area (Å²) in [5.41, 5.74) is 2.90. The first kappa shape index (κ1) is 7.08. The highest BCUT2D eigenvalue weighted by Gasteiger charge is 2.31. The standard InChI is InChI=1S/C10H15N/c1-7-5-8(2)10(11-6-7)9-3-4-9/h6,8-9H,3-5H2,1-2H3. The Kier molecular flexibility index (Phi) is 1.59. The average molecular weight is 149 g/mol. The van der Waals surface area contributed by atoms with Gasteiger partial charge in [0.2, 0.25) is 0 Å². The van der Waals surface area contributed by atoms with Crippen molar-refractivity contribution in [2.45, 2.75) is 33.1 Å². The number of aliphatic imine (C=N–C) groups is 1. The number of hydrogen-bond acceptors (Lipinski definition) is 1. The Hall–Kier alpha value is -0.590. The van der Waals surface area contributed by atoms with Crippen LogP contribution in [0.5, 0.6) is 0 Å². The van der Waals surface area contributed by atoms with E-state index in [2.05, 4.69) is 18.8 Å². The largest absolute Gasteiger partial charge is 0.265 e. The van der Waals surface area contributed by atoms with Crippen molar-refractivity contribution in [1.29, 1.82) is 0 Å². The van der Waals surface area contributed by atoms with Gasteiger partial charge in [0.05, 0.1) is 0 Å². The first-order chi connectivity index (χ1) is 5.27. The van der Waals surface area contributed by atoms with Crippen molar-refractivity contribution in [2.75, 3.05) is 0 Å². The van der Waals surface area contributed by atoms with Crippen LogP contribution < -0.4 is 0 Å². The molecule has 60 valence electrons. The highest BCUT2D eigenvalue weighted by atomic mass is 14.8. The van der Waals surface area contributed by atoms with Crippen LogP contribution >= 0.6 is 0 Å². The molecule has 1 aliphatic carbocycles. The molecule has 0 amide bonds. The molecule has 0 bridgehead atoms. The maximum atomic E-state index is 4.51. The molecule has 11 heavy (non-hydrogen) atoms. The summed E-state index contributed by atoms with van der Waals surface area (Å²) < 4.78 is 0. The van der Waals surface area contributed by atoms with Crippen LogP contribution in [0, 0.1) is 11.8 Å². The zero-order valence-corrected chi connectivity index (χ0v) is 7.30. The molecular formula is C10H15N. The molecule has 0 saturated heterocycles. The summed E-state index contributed by atoms with van der Waals surface area (Å²) in [6.07, 6.45) is 6.05. The smallest absolute Gasteiger partial charge is 0.0256 e. The second-order valence-corrected chi connectivity index (χ2v) is 3.91. The Morgan fingerprint density at radius 1 is 1.45 bits per heavy atom. The summed E-state index contributed by atoms with van der Waals surface area (Å²) in [6.45, 7) is 4.47. The lowest BCUT2D eigenvalue weighted by atomic mass is 9.93. The monoisotopic (exact) mass is 149 g/mol. The van der Waals surface area contributed by atoms with Crippen LogP contribution in [0.15, 0.2) is 16.8 Å². The van der Waals surface area contributed by atoms with Gasteiger partial charge in [-0.15, -0.1) is 0 Å². The Balaban J connectivity index is 2.16. The van der Waals surface area contributed by atoms with E-state index < -0.39 is 0 Å². The van der Waals surface area contributed by atoms with Gasteiger partial charge < -0.3 is 0 Å². The lowest BCUT2D eigenvalue weighted by Gasteiger charge is -2.17. The fourth-order valence-electron chi connectivity index (χ4n) is 1.84. The van der Waals surface area contributed by atoms with E-state index in [-0.39, 0.29) is 0 Å². The van der Waals surface area contributed by atoms with Crippen molar-refractivity contribution in [3.63, 3.8) is 0 Å². The summed E-state index contributed by atoms with van der Waals surface area (Å²) in [7, 11) is 0. The quantitative estimate of drug-likeness (QED) is 0.543. The molecule has 1 fully saturated rings. The predicted molar refractivity (Wildman–Crippen MR) is 47.7 cm³/mol. The van der Waals surface area contributed by atoms with Gasteiger partial charge in [0, 0.05) is 11.9 Å². The van der Waals surface area contributed by atoms with Gasteiger partial charge in [-0.05, 0) is 38.0 Å². The maximum Gasteiger partial charge on any atom is 0.0256 e. The third-order valence-corrected chi connectivity index (χ3v) is 2.56. The lowest BCUT2D eigenvalue weighted by Crippen LogP contribution is -2.16. The normalized spacial score (nSPS) is 31.3. The van der Waals surface area contributed by atoms with Gasteiger partial charge in [-0.2, -0.15) is 0 Å². The number of hydrogen-bond donors (Lipinski definition) is 0. The van der Waals surface area contributed by atoms with Gasteiger partial charge in [-0.25, -0.2) is 0 Å². The first-order valence-electron chi connectivity index (χ1n) is 4.50. The first-order valence-corrected chi connectivity index (χ1v) is 4.50. The summed E-state index contributed by atoms with van der Waals surface area (Å²) in [5.74, 6) is 1.57. The maximum absolute atomic E-state index is 4.51. The minimum Gasteiger partial charge on any atom is -0.265 e. The van der Waals surface area contributed by atoms with Crippen molar-refractivity contribution in [3.05, 3.63) is 11.8 Å². The van der Waals surface area contributed by atoms with E-state index in [9.17, 15) is 0 Å². The second kappa shape index (κ2) is 2.47. The number of rotatable bonds is 1. The van der Waals surface area contributed by atoms with Crippen molar-refractivity contribution in [2.24, 2.45) is 16.8 Å². The molecular weight excluding hydrogens is 134 g/mol. The van der Waals surface area contributed by atoms with E-state index in [4.69, 9.17) is 0 Å². The fraction of sp³-hybridized carbons (Fsp3) is 0.700. The molecule has 1 saturated carbocycles. The summed E-state index contributed by atoms with van der Waals surface area (Å²) in [6, 6.07) is 0. The van der Waals surface area contributed by atoms with Crippen molar-refractivity contribution < 1.29 is 0 Å². The lowest BCUT2D eigenvalue weighted by molar-refractivity contribution is 0.718. The highest BCUT2D eigenvalue weighted by Crippen LogP contribution is 2.36. The van der Waals surface area contributed by atoms with Gasteiger partial charge in [-0.3, -0.25) is 4.99 Å². The van der Waals surface area contributed by atoms with E-state index in [0.29, 0.717) is 5.92 Å². The van der Waals surface area contributed by atoms with Crippen LogP contribution in [0.2, 0.25) is 0 Å². The van der Waals surface area contributed by atoms with Crippen LogP contribution in [-0.2, 0) is 0 Å². The molecule has 0 aromatic rings. The Morgan fingerprint density at radius 3 is 2.73 bits per heavy atom. The minimum absolute atomic E-state index is 0.715. The Labute approximate surface area is 68.2 Å². The second-order valence-electron chi connectivity index (χ2n) is 3.91. The summed E-state index contributed by atoms with van der Waals surface area (Å²) >= 11 is 0. The molecule has 1 aliphatic heterocycles. The number of nitrogens with zero attached hydrogens (tertiary/aromatic N) is 1. The number of allylic oxidation sites excluding steroid dienone is 1. The van der Waals surface area contributed by atoms with Crippen molar-refractivity contribution >= 4 is 5.71 Å². The zero-order valence-electron chi connectivity index (χ0n) is 7.30. The van der Waals surface area contributed by atoms with Crippen LogP contribution in [0.25, 0.3) is 0 Å². The van der Waals surface area contributed by atoms with E-state index in [1.54, 1.807) is 0 Å². The topological polar surface area (TPSA) is 12.4 Å². The van der Waals surface area contributed by atoms with Crippen LogP contribution in [0.1, 0.15) is 33.1 Å². The van der Waals surface area contributed by atoms with Crippen molar-refractivity contribution in [3.8, 4) is 0 Å². The Morgan fingerprint density at radius 2 is 2.18 bits per heavy atom. The Bertz CT molecular complexity index is 221. The van der Waals surface area contributed by atoms with Crippen LogP contribution in [0.4, 0.5) is 0 Å². The van der Waals surface area contributed by atoms with Gasteiger partial charge in [-0.1, -0.05) is 12.5 Å². The third-order valence-electron chi connectivity index (χ3n) is 2.56. The molecule has 2 rings (SSSR count). The SMILES string of the molecule is CC1=CN=C(C2CC2)C(C)C1. The van der Waals surface area contributed by atoms with E-state index >= 15 is 0 Å². The van der Waals surface area contributed by atoms with Crippen LogP contribution in [-0.4, -0.2) is 5.71 Å². The average Bonchev–Trinajstić information content (AvgIpc) is 2.70. The predicted octanol–water partition coefficient (Wildman–Crippen LogP) is 2.78. The minimum atomic E-state index is 0.715. The molecule has 1 heterocycles. The molecule has 0 aromatic carbocycles. The van der Waals surface area contributed by atoms with Gasteiger partial charge in [0.1, 0.15) is 0 Å². The highest BCUT2D eigenvalue weighted by molar-refractivity contribution is 5.91. The zero-order chi connectivity index (χ0) is 7.84. The van der Waals surface area contributed by atoms with Crippen LogP contribution in [0.3, 0.4) is 0 Å². The molecule has 2 aliphatic rings. The fourth-order valence-corrected chi connectivity index (χ4v) is 1.84. The van der Waals surface area contributed by atoms with E-state index in [1.807, 2.05) is 6.20 Å². The van der Waals surface area contributed by atoms with E-state index in [0.717, 1.165) is 5.92 Å². The molecule has 0 spiro atoms. The molecule has 1 atom stereocenters. The molecule has 1 unspecified atom stereocenters. The summed E-state index contributed by atoms with van der Waals surface area (Å²) in [5, 5.41) is 0.